The summed E-state index contributed by atoms with van der Waals surface area (Å²) >= 11 is 0. The molecule has 3 amide bonds. The van der Waals surface area contributed by atoms with Crippen molar-refractivity contribution < 1.29 is 19.5 Å². The molecule has 2 unspecified atom stereocenters. The SMILES string of the molecule is CCN(CC(=O)N(C)C)C(=O)NC1CCC(C(=O)O)C1. The Bertz CT molecular complexity index is 384. The zero-order valence-corrected chi connectivity index (χ0v) is 12.3. The normalized spacial score (nSPS) is 21.4. The fourth-order valence-electron chi connectivity index (χ4n) is 2.23. The first-order valence-corrected chi connectivity index (χ1v) is 6.83. The highest BCUT2D eigenvalue weighted by Crippen LogP contribution is 2.25. The van der Waals surface area contributed by atoms with Crippen LogP contribution in [0.3, 0.4) is 0 Å². The Kier molecular flexibility index (Phi) is 5.79. The summed E-state index contributed by atoms with van der Waals surface area (Å²) < 4.78 is 0. The molecule has 1 aliphatic carbocycles. The number of hydrogen-bond donors (Lipinski definition) is 2. The number of likely N-dealkylation sites (N-methyl/N-ethyl adjacent to an activating group) is 2. The zero-order valence-electron chi connectivity index (χ0n) is 12.3. The molecule has 0 aromatic carbocycles. The molecule has 0 aliphatic heterocycles. The number of carbonyl (C=O) groups excluding carboxylic acids is 2. The molecule has 0 heterocycles. The first-order chi connectivity index (χ1) is 9.35. The molecule has 2 N–H and O–H groups in total. The Balaban J connectivity index is 2.48. The molecule has 0 spiro atoms. The van der Waals surface area contributed by atoms with E-state index in [1.165, 1.54) is 9.80 Å². The number of amides is 3. The minimum atomic E-state index is -0.808. The third-order valence-corrected chi connectivity index (χ3v) is 3.60. The quantitative estimate of drug-likeness (QED) is 0.763. The summed E-state index contributed by atoms with van der Waals surface area (Å²) in [6, 6.07) is -0.425. The second-order valence-electron chi connectivity index (χ2n) is 5.30. The van der Waals surface area contributed by atoms with Crippen molar-refractivity contribution >= 4 is 17.9 Å². The first kappa shape index (κ1) is 16.3. The monoisotopic (exact) mass is 285 g/mol. The number of nitrogens with zero attached hydrogens (tertiary/aromatic N) is 2. The molecule has 0 bridgehead atoms. The number of aliphatic carboxylic acids is 1. The van der Waals surface area contributed by atoms with E-state index in [1.54, 1.807) is 21.0 Å². The van der Waals surface area contributed by atoms with Gasteiger partial charge in [0, 0.05) is 26.7 Å². The van der Waals surface area contributed by atoms with Crippen LogP contribution in [0.1, 0.15) is 26.2 Å². The van der Waals surface area contributed by atoms with Crippen LogP contribution in [0.5, 0.6) is 0 Å². The summed E-state index contributed by atoms with van der Waals surface area (Å²) in [5.41, 5.74) is 0. The molecule has 1 rings (SSSR count). The van der Waals surface area contributed by atoms with E-state index in [-0.39, 0.29) is 30.4 Å². The summed E-state index contributed by atoms with van der Waals surface area (Å²) in [4.78, 5) is 37.4. The first-order valence-electron chi connectivity index (χ1n) is 6.83. The molecule has 2 atom stereocenters. The van der Waals surface area contributed by atoms with Gasteiger partial charge in [-0.3, -0.25) is 9.59 Å². The van der Waals surface area contributed by atoms with Gasteiger partial charge in [-0.05, 0) is 26.2 Å². The Labute approximate surface area is 118 Å². The van der Waals surface area contributed by atoms with E-state index < -0.39 is 5.97 Å². The highest BCUT2D eigenvalue weighted by Gasteiger charge is 2.31. The third-order valence-electron chi connectivity index (χ3n) is 3.60. The summed E-state index contributed by atoms with van der Waals surface area (Å²) in [6.07, 6.45) is 1.71. The van der Waals surface area contributed by atoms with E-state index in [1.807, 2.05) is 0 Å². The average molecular weight is 285 g/mol. The molecule has 1 fully saturated rings. The summed E-state index contributed by atoms with van der Waals surface area (Å²) in [5.74, 6) is -1.33. The largest absolute Gasteiger partial charge is 0.481 e. The van der Waals surface area contributed by atoms with E-state index in [4.69, 9.17) is 5.11 Å². The highest BCUT2D eigenvalue weighted by molar-refractivity contribution is 5.84. The molecule has 0 radical (unpaired) electrons. The van der Waals surface area contributed by atoms with Crippen molar-refractivity contribution in [2.45, 2.75) is 32.2 Å². The van der Waals surface area contributed by atoms with Gasteiger partial charge in [0.25, 0.3) is 0 Å². The number of carboxylic acid groups (broad SMARTS) is 1. The van der Waals surface area contributed by atoms with Crippen molar-refractivity contribution in [2.75, 3.05) is 27.2 Å². The van der Waals surface area contributed by atoms with Gasteiger partial charge >= 0.3 is 12.0 Å². The summed E-state index contributed by atoms with van der Waals surface area (Å²) in [5, 5.41) is 11.7. The maximum absolute atomic E-state index is 12.1. The highest BCUT2D eigenvalue weighted by atomic mass is 16.4. The minimum absolute atomic E-state index is 0.0322. The molecular weight excluding hydrogens is 262 g/mol. The number of hydrogen-bond acceptors (Lipinski definition) is 3. The van der Waals surface area contributed by atoms with Crippen molar-refractivity contribution in [1.82, 2.24) is 15.1 Å². The second-order valence-corrected chi connectivity index (χ2v) is 5.30. The molecule has 1 saturated carbocycles. The van der Waals surface area contributed by atoms with E-state index in [9.17, 15) is 14.4 Å². The Morgan fingerprint density at radius 1 is 1.25 bits per heavy atom. The molecule has 7 heteroatoms. The van der Waals surface area contributed by atoms with Crippen molar-refractivity contribution in [3.8, 4) is 0 Å². The predicted octanol–water partition coefficient (Wildman–Crippen LogP) is 0.359. The predicted molar refractivity (Wildman–Crippen MR) is 73.2 cm³/mol. The standard InChI is InChI=1S/C13H23N3O4/c1-4-16(8-11(17)15(2)3)13(20)14-10-6-5-9(7-10)12(18)19/h9-10H,4-8H2,1-3H3,(H,14,20)(H,18,19). The minimum Gasteiger partial charge on any atom is -0.481 e. The van der Waals surface area contributed by atoms with Gasteiger partial charge in [-0.1, -0.05) is 0 Å². The maximum Gasteiger partial charge on any atom is 0.318 e. The van der Waals surface area contributed by atoms with Crippen molar-refractivity contribution in [2.24, 2.45) is 5.92 Å². The zero-order chi connectivity index (χ0) is 15.3. The average Bonchev–Trinajstić information content (AvgIpc) is 2.83. The molecular formula is C13H23N3O4. The Hall–Kier alpha value is -1.79. The van der Waals surface area contributed by atoms with Crippen molar-refractivity contribution in [3.63, 3.8) is 0 Å². The van der Waals surface area contributed by atoms with Crippen LogP contribution in [-0.2, 0) is 9.59 Å². The number of carboxylic acids is 1. The van der Waals surface area contributed by atoms with Gasteiger partial charge in [-0.25, -0.2) is 4.79 Å². The fourth-order valence-corrected chi connectivity index (χ4v) is 2.23. The lowest BCUT2D eigenvalue weighted by molar-refractivity contribution is -0.141. The van der Waals surface area contributed by atoms with E-state index >= 15 is 0 Å². The van der Waals surface area contributed by atoms with Gasteiger partial charge in [0.15, 0.2) is 0 Å². The van der Waals surface area contributed by atoms with Crippen LogP contribution >= 0.6 is 0 Å². The van der Waals surface area contributed by atoms with E-state index in [0.717, 1.165) is 0 Å². The fraction of sp³-hybridized carbons (Fsp3) is 0.769. The van der Waals surface area contributed by atoms with Crippen LogP contribution in [0.25, 0.3) is 0 Å². The molecule has 1 aliphatic rings. The molecule has 114 valence electrons. The molecule has 20 heavy (non-hydrogen) atoms. The van der Waals surface area contributed by atoms with Gasteiger partial charge < -0.3 is 20.2 Å². The smallest absolute Gasteiger partial charge is 0.318 e. The Morgan fingerprint density at radius 3 is 2.35 bits per heavy atom. The number of urea groups is 1. The van der Waals surface area contributed by atoms with E-state index in [2.05, 4.69) is 5.32 Å². The van der Waals surface area contributed by atoms with Crippen LogP contribution in [0.15, 0.2) is 0 Å². The summed E-state index contributed by atoms with van der Waals surface area (Å²) in [6.45, 7) is 2.27. The van der Waals surface area contributed by atoms with Crippen LogP contribution in [-0.4, -0.2) is 66.0 Å². The van der Waals surface area contributed by atoms with Gasteiger partial charge in [0.1, 0.15) is 6.54 Å². The molecule has 0 aromatic rings. The van der Waals surface area contributed by atoms with Crippen LogP contribution in [0, 0.1) is 5.92 Å². The van der Waals surface area contributed by atoms with Crippen molar-refractivity contribution in [3.05, 3.63) is 0 Å². The molecule has 7 nitrogen and oxygen atoms in total. The van der Waals surface area contributed by atoms with Gasteiger partial charge in [-0.2, -0.15) is 0 Å². The third kappa shape index (κ3) is 4.40. The number of carbonyl (C=O) groups is 3. The van der Waals surface area contributed by atoms with Gasteiger partial charge in [0.05, 0.1) is 5.92 Å². The lowest BCUT2D eigenvalue weighted by Gasteiger charge is -2.24. The van der Waals surface area contributed by atoms with Crippen LogP contribution in [0.4, 0.5) is 4.79 Å². The summed E-state index contributed by atoms with van der Waals surface area (Å²) in [7, 11) is 3.28. The second kappa shape index (κ2) is 7.12. The van der Waals surface area contributed by atoms with Crippen LogP contribution in [0.2, 0.25) is 0 Å². The number of nitrogens with one attached hydrogen (secondary N) is 1. The van der Waals surface area contributed by atoms with Gasteiger partial charge in [-0.15, -0.1) is 0 Å². The van der Waals surface area contributed by atoms with E-state index in [0.29, 0.717) is 25.8 Å². The van der Waals surface area contributed by atoms with Crippen molar-refractivity contribution in [1.29, 1.82) is 0 Å². The maximum atomic E-state index is 12.1. The van der Waals surface area contributed by atoms with Gasteiger partial charge in [0.2, 0.25) is 5.91 Å². The van der Waals surface area contributed by atoms with Crippen LogP contribution < -0.4 is 5.32 Å². The Morgan fingerprint density at radius 2 is 1.90 bits per heavy atom. The molecule has 0 aromatic heterocycles. The number of rotatable bonds is 5. The topological polar surface area (TPSA) is 90.0 Å². The molecule has 0 saturated heterocycles. The lowest BCUT2D eigenvalue weighted by atomic mass is 10.1. The lowest BCUT2D eigenvalue weighted by Crippen LogP contribution is -2.47.